The predicted octanol–water partition coefficient (Wildman–Crippen LogP) is 21.1. The minimum Gasteiger partial charge on any atom is -0.394 e. The van der Waals surface area contributed by atoms with Gasteiger partial charge in [-0.1, -0.05) is 204 Å². The molecule has 2 atom stereocenters. The van der Waals surface area contributed by atoms with E-state index >= 15 is 9.13 Å². The van der Waals surface area contributed by atoms with Crippen molar-refractivity contribution >= 4 is 58.7 Å². The monoisotopic (exact) mass is 1100 g/mol. The highest BCUT2D eigenvalue weighted by atomic mass is 31.2. The van der Waals surface area contributed by atoms with Crippen molar-refractivity contribution in [2.75, 3.05) is 0 Å². The fourth-order valence-corrected chi connectivity index (χ4v) is 14.2. The first-order valence-electron chi connectivity index (χ1n) is 28.2. The van der Waals surface area contributed by atoms with Gasteiger partial charge in [0, 0.05) is 44.5 Å². The number of hydrogen-bond acceptors (Lipinski definition) is 6. The average Bonchev–Trinajstić information content (AvgIpc) is 3.87. The highest BCUT2D eigenvalue weighted by molar-refractivity contribution is 7.48. The van der Waals surface area contributed by atoms with Crippen LogP contribution in [0, 0.1) is 0 Å². The van der Waals surface area contributed by atoms with Gasteiger partial charge in [-0.15, -0.1) is 0 Å². The molecule has 0 amide bonds. The molecule has 0 bridgehead atoms. The molecule has 0 radical (unpaired) electrons. The molecule has 2 unspecified atom stereocenters. The summed E-state index contributed by atoms with van der Waals surface area (Å²) >= 11 is 0. The molecular formula is C70H68O8P2. The van der Waals surface area contributed by atoms with E-state index < -0.39 is 15.6 Å². The summed E-state index contributed by atoms with van der Waals surface area (Å²) in [5, 5.41) is 6.44. The van der Waals surface area contributed by atoms with Crippen molar-refractivity contribution in [3.8, 4) is 78.6 Å². The van der Waals surface area contributed by atoms with Gasteiger partial charge in [0.05, 0.1) is 0 Å². The van der Waals surface area contributed by atoms with Crippen molar-refractivity contribution < 1.29 is 37.0 Å². The number of fused-ring (bicyclic) bond motifs is 14. The van der Waals surface area contributed by atoms with E-state index in [0.717, 1.165) is 76.5 Å². The minimum absolute atomic E-state index is 0.0603. The van der Waals surface area contributed by atoms with E-state index in [-0.39, 0.29) is 58.5 Å². The Morgan fingerprint density at radius 1 is 0.300 bits per heavy atom. The second kappa shape index (κ2) is 19.8. The smallest absolute Gasteiger partial charge is 0.394 e. The van der Waals surface area contributed by atoms with E-state index in [9.17, 15) is 9.79 Å². The first-order valence-corrected chi connectivity index (χ1v) is 31.1. The van der Waals surface area contributed by atoms with E-state index in [1.54, 1.807) is 0 Å². The minimum atomic E-state index is -5.09. The summed E-state index contributed by atoms with van der Waals surface area (Å²) < 4.78 is 57.2. The molecule has 0 aromatic heterocycles. The first kappa shape index (κ1) is 53.5. The van der Waals surface area contributed by atoms with Crippen LogP contribution >= 0.6 is 15.6 Å². The molecule has 0 spiro atoms. The molecule has 2 N–H and O–H groups in total. The Bertz CT molecular complexity index is 3980. The van der Waals surface area contributed by atoms with Crippen LogP contribution in [0.15, 0.2) is 146 Å². The molecule has 406 valence electrons. The lowest BCUT2D eigenvalue weighted by molar-refractivity contribution is 0.292. The van der Waals surface area contributed by atoms with Crippen LogP contribution in [0.1, 0.15) is 152 Å². The normalized spacial score (nSPS) is 16.9. The topological polar surface area (TPSA) is 112 Å². The van der Waals surface area contributed by atoms with Crippen LogP contribution < -0.4 is 18.1 Å². The second-order valence-corrected chi connectivity index (χ2v) is 26.4. The van der Waals surface area contributed by atoms with Crippen molar-refractivity contribution in [2.24, 2.45) is 0 Å². The molecule has 2 aliphatic rings. The van der Waals surface area contributed by atoms with Crippen molar-refractivity contribution in [1.82, 2.24) is 0 Å². The van der Waals surface area contributed by atoms with Gasteiger partial charge in [-0.2, -0.15) is 0 Å². The molecule has 0 fully saturated rings. The number of benzene rings is 10. The first-order chi connectivity index (χ1) is 38.1. The standard InChI is InChI=1S/C70H68O8P2/c1-37(2)47-33-53(39(5)6)61(54(34-47)40(7)8)59-31-45-23-15-19-27-51(45)65-63-49-25-17-13-21-43(49)29-57(67(63)75-79(71,72)77-69(59)65)58-30-44-22-14-18-26-50(44)64-66-52-28-20-16-24-46(52)32-60(70(66)78-80(73,74)76-68(58)64)62-55(41(9)10)35-48(38(3)4)36-56(62)42(11)12/h13-42H,1-12H3,(H,71,72)(H,73,74). The molecule has 0 saturated carbocycles. The molecule has 2 heterocycles. The summed E-state index contributed by atoms with van der Waals surface area (Å²) in [6, 6.07) is 49.1. The van der Waals surface area contributed by atoms with Gasteiger partial charge in [0.2, 0.25) is 0 Å². The van der Waals surface area contributed by atoms with Crippen LogP contribution in [-0.4, -0.2) is 9.79 Å². The zero-order chi connectivity index (χ0) is 56.4. The quantitative estimate of drug-likeness (QED) is 0.138. The zero-order valence-corrected chi connectivity index (χ0v) is 49.3. The van der Waals surface area contributed by atoms with E-state index in [1.165, 1.54) is 11.1 Å². The number of rotatable bonds is 9. The molecule has 0 saturated heterocycles. The maximum atomic E-state index is 15.3. The SMILES string of the molecule is CC(C)c1cc(C(C)C)c(-c2cc3ccccc3c3c2OP(=O)(O)Oc2c(-c4cc5ccccc5c5c4OP(=O)(O)Oc4c(-c6c(C(C)C)cc(C(C)C)cc6C(C)C)cc6ccccc6c4-5)cc4ccccc4c2-3)c(C(C)C)c1. The number of phosphoric acid groups is 2. The van der Waals surface area contributed by atoms with Crippen molar-refractivity contribution in [2.45, 2.75) is 119 Å². The van der Waals surface area contributed by atoms with Crippen molar-refractivity contribution in [3.05, 3.63) is 179 Å². The third-order valence-corrected chi connectivity index (χ3v) is 18.1. The van der Waals surface area contributed by atoms with Crippen LogP contribution in [0.5, 0.6) is 23.0 Å². The third-order valence-electron chi connectivity index (χ3n) is 16.4. The number of phosphoric ester groups is 2. The van der Waals surface area contributed by atoms with Gasteiger partial charge in [0.15, 0.2) is 0 Å². The highest BCUT2D eigenvalue weighted by Crippen LogP contribution is 2.66. The second-order valence-electron chi connectivity index (χ2n) is 23.8. The van der Waals surface area contributed by atoms with Crippen molar-refractivity contribution in [1.29, 1.82) is 0 Å². The molecule has 8 nitrogen and oxygen atoms in total. The Morgan fingerprint density at radius 2 is 0.525 bits per heavy atom. The summed E-state index contributed by atoms with van der Waals surface area (Å²) in [5.74, 6) is 1.44. The molecule has 10 aromatic carbocycles. The van der Waals surface area contributed by atoms with Crippen molar-refractivity contribution in [3.63, 3.8) is 0 Å². The third kappa shape index (κ3) is 8.91. The molecule has 12 rings (SSSR count). The molecular weight excluding hydrogens is 1030 g/mol. The molecule has 10 heteroatoms. The van der Waals surface area contributed by atoms with Gasteiger partial charge >= 0.3 is 15.6 Å². The van der Waals surface area contributed by atoms with Gasteiger partial charge in [0.1, 0.15) is 23.0 Å². The summed E-state index contributed by atoms with van der Waals surface area (Å²) in [7, 11) is -10.2. The summed E-state index contributed by atoms with van der Waals surface area (Å²) in [6.45, 7) is 26.3. The van der Waals surface area contributed by atoms with E-state index in [0.29, 0.717) is 44.5 Å². The average molecular weight is 1100 g/mol. The fraction of sp³-hybridized carbons (Fsp3) is 0.257. The Kier molecular flexibility index (Phi) is 13.2. The number of hydrogen-bond donors (Lipinski definition) is 2. The Hall–Kier alpha value is -7.18. The predicted molar refractivity (Wildman–Crippen MR) is 330 cm³/mol. The van der Waals surface area contributed by atoms with Gasteiger partial charge < -0.3 is 18.1 Å². The van der Waals surface area contributed by atoms with E-state index in [2.05, 4.69) is 132 Å². The fourth-order valence-electron chi connectivity index (χ4n) is 12.5. The lowest BCUT2D eigenvalue weighted by Crippen LogP contribution is -2.06. The molecule has 80 heavy (non-hydrogen) atoms. The van der Waals surface area contributed by atoms with Crippen LogP contribution in [0.2, 0.25) is 0 Å². The maximum Gasteiger partial charge on any atom is 0.584 e. The maximum absolute atomic E-state index is 15.3. The largest absolute Gasteiger partial charge is 0.584 e. The van der Waals surface area contributed by atoms with Gasteiger partial charge in [-0.05, 0) is 147 Å². The Balaban J connectivity index is 1.25. The summed E-state index contributed by atoms with van der Waals surface area (Å²) in [4.78, 5) is 25.0. The lowest BCUT2D eigenvalue weighted by atomic mass is 9.79. The Labute approximate surface area is 469 Å². The summed E-state index contributed by atoms with van der Waals surface area (Å²) in [5.41, 5.74) is 13.1. The molecule has 0 aliphatic carbocycles. The highest BCUT2D eigenvalue weighted by Gasteiger charge is 2.42. The van der Waals surface area contributed by atoms with Gasteiger partial charge in [0.25, 0.3) is 0 Å². The zero-order valence-electron chi connectivity index (χ0n) is 47.6. The van der Waals surface area contributed by atoms with Crippen LogP contribution in [0.25, 0.3) is 98.7 Å². The summed E-state index contributed by atoms with van der Waals surface area (Å²) in [6.07, 6.45) is 0. The van der Waals surface area contributed by atoms with Gasteiger partial charge in [-0.3, -0.25) is 9.79 Å². The van der Waals surface area contributed by atoms with Gasteiger partial charge in [-0.25, -0.2) is 9.13 Å². The molecule has 2 aliphatic heterocycles. The Morgan fingerprint density at radius 3 is 0.762 bits per heavy atom. The molecule has 10 aromatic rings. The lowest BCUT2D eigenvalue weighted by Gasteiger charge is -2.26. The van der Waals surface area contributed by atoms with Crippen LogP contribution in [0.4, 0.5) is 0 Å². The van der Waals surface area contributed by atoms with E-state index in [1.807, 2.05) is 97.1 Å². The van der Waals surface area contributed by atoms with Crippen LogP contribution in [0.3, 0.4) is 0 Å². The van der Waals surface area contributed by atoms with E-state index in [4.69, 9.17) is 18.1 Å². The van der Waals surface area contributed by atoms with Crippen LogP contribution in [-0.2, 0) is 9.13 Å².